The summed E-state index contributed by atoms with van der Waals surface area (Å²) in [6, 6.07) is 0. The lowest BCUT2D eigenvalue weighted by Crippen LogP contribution is -2.21. The van der Waals surface area contributed by atoms with Crippen molar-refractivity contribution < 1.29 is 14.2 Å². The van der Waals surface area contributed by atoms with Crippen LogP contribution in [0.15, 0.2) is 12.2 Å². The highest BCUT2D eigenvalue weighted by atomic mass is 16.7. The van der Waals surface area contributed by atoms with Crippen LogP contribution in [0.3, 0.4) is 0 Å². The van der Waals surface area contributed by atoms with E-state index in [0.29, 0.717) is 6.79 Å². The van der Waals surface area contributed by atoms with Gasteiger partial charge in [-0.05, 0) is 26.7 Å². The van der Waals surface area contributed by atoms with Crippen molar-refractivity contribution in [1.82, 2.24) is 0 Å². The van der Waals surface area contributed by atoms with Gasteiger partial charge in [-0.3, -0.25) is 0 Å². The summed E-state index contributed by atoms with van der Waals surface area (Å²) >= 11 is 0. The Morgan fingerprint density at radius 1 is 1.43 bits per heavy atom. The van der Waals surface area contributed by atoms with Gasteiger partial charge in [0.2, 0.25) is 0 Å². The highest BCUT2D eigenvalue weighted by Crippen LogP contribution is 2.24. The summed E-state index contributed by atoms with van der Waals surface area (Å²) in [6.45, 7) is 5.27. The molecule has 3 nitrogen and oxygen atoms in total. The van der Waals surface area contributed by atoms with Gasteiger partial charge in [0, 0.05) is 13.7 Å². The Morgan fingerprint density at radius 3 is 2.79 bits per heavy atom. The Kier molecular flexibility index (Phi) is 4.58. The van der Waals surface area contributed by atoms with Crippen molar-refractivity contribution in [3.63, 3.8) is 0 Å². The molecule has 1 heterocycles. The molecule has 0 saturated carbocycles. The fraction of sp³-hybridized carbons (Fsp3) is 0.818. The van der Waals surface area contributed by atoms with E-state index in [4.69, 9.17) is 14.2 Å². The molecule has 3 heteroatoms. The molecule has 1 unspecified atom stereocenters. The third-order valence-electron chi connectivity index (χ3n) is 2.15. The average molecular weight is 200 g/mol. The smallest absolute Gasteiger partial charge is 0.146 e. The van der Waals surface area contributed by atoms with Gasteiger partial charge in [0.15, 0.2) is 0 Å². The first-order valence-corrected chi connectivity index (χ1v) is 5.08. The minimum Gasteiger partial charge on any atom is -0.364 e. The first-order chi connectivity index (χ1) is 6.64. The van der Waals surface area contributed by atoms with Gasteiger partial charge in [0.1, 0.15) is 6.79 Å². The fourth-order valence-electron chi connectivity index (χ4n) is 1.49. The van der Waals surface area contributed by atoms with E-state index in [2.05, 4.69) is 26.0 Å². The van der Waals surface area contributed by atoms with Gasteiger partial charge in [0.25, 0.3) is 0 Å². The monoisotopic (exact) mass is 200 g/mol. The Bertz CT molecular complexity index is 187. The van der Waals surface area contributed by atoms with Crippen LogP contribution >= 0.6 is 0 Å². The molecule has 14 heavy (non-hydrogen) atoms. The van der Waals surface area contributed by atoms with Crippen molar-refractivity contribution in [1.29, 1.82) is 0 Å². The zero-order valence-electron chi connectivity index (χ0n) is 9.29. The van der Waals surface area contributed by atoms with Crippen LogP contribution in [0, 0.1) is 0 Å². The average Bonchev–Trinajstić information content (AvgIpc) is 2.45. The van der Waals surface area contributed by atoms with Gasteiger partial charge >= 0.3 is 0 Å². The lowest BCUT2D eigenvalue weighted by atomic mass is 10.1. The largest absolute Gasteiger partial charge is 0.364 e. The highest BCUT2D eigenvalue weighted by molar-refractivity contribution is 5.07. The van der Waals surface area contributed by atoms with Crippen LogP contribution < -0.4 is 0 Å². The maximum Gasteiger partial charge on any atom is 0.146 e. The quantitative estimate of drug-likeness (QED) is 0.373. The second-order valence-corrected chi connectivity index (χ2v) is 4.08. The van der Waals surface area contributed by atoms with E-state index in [1.165, 1.54) is 0 Å². The summed E-state index contributed by atoms with van der Waals surface area (Å²) in [5.41, 5.74) is -0.0853. The highest BCUT2D eigenvalue weighted by Gasteiger charge is 2.24. The minimum atomic E-state index is -0.0853. The molecule has 0 fully saturated rings. The van der Waals surface area contributed by atoms with Gasteiger partial charge < -0.3 is 14.2 Å². The van der Waals surface area contributed by atoms with Gasteiger partial charge in [-0.25, -0.2) is 0 Å². The molecule has 0 amide bonds. The van der Waals surface area contributed by atoms with Crippen LogP contribution in [0.25, 0.3) is 0 Å². The van der Waals surface area contributed by atoms with Crippen LogP contribution in [-0.2, 0) is 14.2 Å². The molecule has 0 saturated heterocycles. The molecule has 0 aromatic heterocycles. The number of ether oxygens (including phenoxy) is 3. The molecule has 1 aliphatic heterocycles. The summed E-state index contributed by atoms with van der Waals surface area (Å²) in [5.74, 6) is 0. The second-order valence-electron chi connectivity index (χ2n) is 4.08. The molecule has 0 radical (unpaired) electrons. The van der Waals surface area contributed by atoms with Gasteiger partial charge in [0.05, 0.1) is 11.7 Å². The van der Waals surface area contributed by atoms with Crippen LogP contribution in [0.2, 0.25) is 0 Å². The van der Waals surface area contributed by atoms with Crippen LogP contribution in [0.1, 0.15) is 26.7 Å². The maximum absolute atomic E-state index is 5.76. The van der Waals surface area contributed by atoms with E-state index in [-0.39, 0.29) is 11.7 Å². The normalized spacial score (nSPS) is 24.4. The summed E-state index contributed by atoms with van der Waals surface area (Å²) < 4.78 is 15.7. The van der Waals surface area contributed by atoms with Crippen LogP contribution in [0.5, 0.6) is 0 Å². The number of hydrogen-bond donors (Lipinski definition) is 0. The van der Waals surface area contributed by atoms with Crippen molar-refractivity contribution in [3.05, 3.63) is 12.2 Å². The van der Waals surface area contributed by atoms with E-state index in [9.17, 15) is 0 Å². The van der Waals surface area contributed by atoms with Gasteiger partial charge in [-0.2, -0.15) is 0 Å². The van der Waals surface area contributed by atoms with Crippen molar-refractivity contribution in [2.24, 2.45) is 0 Å². The van der Waals surface area contributed by atoms with Crippen molar-refractivity contribution in [2.75, 3.05) is 20.5 Å². The van der Waals surface area contributed by atoms with Crippen LogP contribution in [-0.4, -0.2) is 32.2 Å². The molecule has 0 bridgehead atoms. The molecule has 0 N–H and O–H groups in total. The summed E-state index contributed by atoms with van der Waals surface area (Å²) in [4.78, 5) is 0. The third kappa shape index (κ3) is 4.22. The van der Waals surface area contributed by atoms with E-state index in [0.717, 1.165) is 19.4 Å². The second kappa shape index (κ2) is 5.49. The summed E-state index contributed by atoms with van der Waals surface area (Å²) in [6.07, 6.45) is 6.54. The lowest BCUT2D eigenvalue weighted by molar-refractivity contribution is -0.0395. The van der Waals surface area contributed by atoms with Crippen LogP contribution in [0.4, 0.5) is 0 Å². The fourth-order valence-corrected chi connectivity index (χ4v) is 1.49. The van der Waals surface area contributed by atoms with E-state index in [1.807, 2.05) is 0 Å². The summed E-state index contributed by atoms with van der Waals surface area (Å²) in [5, 5.41) is 0. The molecule has 1 atom stereocenters. The first-order valence-electron chi connectivity index (χ1n) is 5.08. The molecule has 1 aliphatic rings. The first kappa shape index (κ1) is 11.7. The summed E-state index contributed by atoms with van der Waals surface area (Å²) in [7, 11) is 1.63. The molecule has 0 aliphatic carbocycles. The topological polar surface area (TPSA) is 27.7 Å². The Morgan fingerprint density at radius 2 is 2.21 bits per heavy atom. The Hall–Kier alpha value is -0.380. The van der Waals surface area contributed by atoms with Crippen molar-refractivity contribution in [2.45, 2.75) is 38.4 Å². The third-order valence-corrected chi connectivity index (χ3v) is 2.15. The predicted octanol–water partition coefficient (Wildman–Crippen LogP) is 2.12. The lowest BCUT2D eigenvalue weighted by Gasteiger charge is -2.19. The molecule has 0 spiro atoms. The zero-order chi connectivity index (χ0) is 10.4. The molecular weight excluding hydrogens is 180 g/mol. The van der Waals surface area contributed by atoms with Gasteiger partial charge in [-0.1, -0.05) is 12.2 Å². The maximum atomic E-state index is 5.76. The van der Waals surface area contributed by atoms with Gasteiger partial charge in [-0.15, -0.1) is 0 Å². The van der Waals surface area contributed by atoms with Crippen molar-refractivity contribution >= 4 is 0 Å². The van der Waals surface area contributed by atoms with E-state index < -0.39 is 0 Å². The SMILES string of the molecule is COCOCCCC1C=CC(C)(C)O1. The molecule has 0 aromatic carbocycles. The minimum absolute atomic E-state index is 0.0853. The van der Waals surface area contributed by atoms with Crippen molar-refractivity contribution in [3.8, 4) is 0 Å². The standard InChI is InChI=1S/C11H20O3/c1-11(2)7-6-10(14-11)5-4-8-13-9-12-3/h6-7,10H,4-5,8-9H2,1-3H3. The van der Waals surface area contributed by atoms with E-state index in [1.54, 1.807) is 7.11 Å². The zero-order valence-corrected chi connectivity index (χ0v) is 9.29. The predicted molar refractivity (Wildman–Crippen MR) is 55.2 cm³/mol. The molecule has 0 aromatic rings. The molecular formula is C11H20O3. The number of hydrogen-bond acceptors (Lipinski definition) is 3. The Labute approximate surface area is 86.0 Å². The molecule has 1 rings (SSSR count). The number of rotatable bonds is 6. The number of methoxy groups -OCH3 is 1. The Balaban J connectivity index is 2.01. The molecule has 82 valence electrons. The van der Waals surface area contributed by atoms with E-state index >= 15 is 0 Å².